The molecule has 2 aromatic heterocycles. The Labute approximate surface area is 202 Å². The highest BCUT2D eigenvalue weighted by molar-refractivity contribution is 6.33. The number of carbonyl (C=O) groups is 1. The van der Waals surface area contributed by atoms with Gasteiger partial charge in [0.25, 0.3) is 0 Å². The number of aromatic nitrogens is 3. The summed E-state index contributed by atoms with van der Waals surface area (Å²) in [4.78, 5) is 31.2. The molecule has 1 aromatic carbocycles. The Balaban J connectivity index is 1.58. The third-order valence-corrected chi connectivity index (χ3v) is 6.18. The predicted molar refractivity (Wildman–Crippen MR) is 132 cm³/mol. The lowest BCUT2D eigenvalue weighted by Crippen LogP contribution is -2.47. The normalized spacial score (nSPS) is 13.9. The number of hydrogen-bond donors (Lipinski definition) is 1. The topological polar surface area (TPSA) is 85.7 Å². The van der Waals surface area contributed by atoms with Crippen LogP contribution in [0, 0.1) is 5.82 Å². The monoisotopic (exact) mass is 484 g/mol. The molecule has 3 heterocycles. The van der Waals surface area contributed by atoms with Crippen molar-refractivity contribution >= 4 is 35.2 Å². The molecule has 0 aliphatic carbocycles. The zero-order valence-corrected chi connectivity index (χ0v) is 20.0. The maximum Gasteiger partial charge on any atom is 0.337 e. The summed E-state index contributed by atoms with van der Waals surface area (Å²) in [5.74, 6) is 0.604. The van der Waals surface area contributed by atoms with Gasteiger partial charge < -0.3 is 19.8 Å². The van der Waals surface area contributed by atoms with Crippen LogP contribution in [0.1, 0.15) is 24.2 Å². The Hall–Kier alpha value is -3.46. The van der Waals surface area contributed by atoms with Crippen molar-refractivity contribution in [2.24, 2.45) is 0 Å². The fourth-order valence-electron chi connectivity index (χ4n) is 3.67. The third-order valence-electron chi connectivity index (χ3n) is 5.90. The molecule has 3 aromatic rings. The molecule has 10 heteroatoms. The molecule has 0 amide bonds. The Kier molecular flexibility index (Phi) is 6.83. The van der Waals surface area contributed by atoms with Gasteiger partial charge in [0.1, 0.15) is 17.5 Å². The smallest absolute Gasteiger partial charge is 0.337 e. The predicted octanol–water partition coefficient (Wildman–Crippen LogP) is 4.20. The van der Waals surface area contributed by atoms with E-state index in [1.54, 1.807) is 12.1 Å². The SMILES string of the molecule is CC(C)N(C)c1nc(-c2ccc(F)cc2)cc(N2CCN(c3ncc(C(=O)O)cc3Cl)CC2)n1. The molecule has 0 atom stereocenters. The fraction of sp³-hybridized carbons (Fsp3) is 0.333. The molecule has 0 saturated carbocycles. The highest BCUT2D eigenvalue weighted by Crippen LogP contribution is 2.29. The van der Waals surface area contributed by atoms with Crippen LogP contribution >= 0.6 is 11.6 Å². The van der Waals surface area contributed by atoms with Crippen molar-refractivity contribution in [3.8, 4) is 11.3 Å². The van der Waals surface area contributed by atoms with Gasteiger partial charge in [0.05, 0.1) is 16.3 Å². The lowest BCUT2D eigenvalue weighted by atomic mass is 10.1. The third kappa shape index (κ3) is 5.04. The maximum absolute atomic E-state index is 13.5. The molecule has 0 unspecified atom stereocenters. The number of halogens is 2. The number of carboxylic acid groups (broad SMARTS) is 1. The maximum atomic E-state index is 13.5. The Morgan fingerprint density at radius 3 is 2.32 bits per heavy atom. The van der Waals surface area contributed by atoms with E-state index in [2.05, 4.69) is 23.7 Å². The van der Waals surface area contributed by atoms with Gasteiger partial charge in [-0.05, 0) is 44.2 Å². The van der Waals surface area contributed by atoms with Crippen LogP contribution in [0.25, 0.3) is 11.3 Å². The van der Waals surface area contributed by atoms with Gasteiger partial charge in [-0.2, -0.15) is 4.98 Å². The molecule has 178 valence electrons. The van der Waals surface area contributed by atoms with E-state index in [1.807, 2.05) is 22.9 Å². The first-order chi connectivity index (χ1) is 16.2. The van der Waals surface area contributed by atoms with Crippen LogP contribution in [0.15, 0.2) is 42.6 Å². The van der Waals surface area contributed by atoms with Crippen molar-refractivity contribution in [2.75, 3.05) is 47.9 Å². The van der Waals surface area contributed by atoms with Gasteiger partial charge in [-0.3, -0.25) is 0 Å². The summed E-state index contributed by atoms with van der Waals surface area (Å²) in [5, 5.41) is 9.45. The first-order valence-corrected chi connectivity index (χ1v) is 11.4. The molecule has 1 saturated heterocycles. The lowest BCUT2D eigenvalue weighted by Gasteiger charge is -2.36. The molecular weight excluding hydrogens is 459 g/mol. The Morgan fingerprint density at radius 1 is 1.09 bits per heavy atom. The quantitative estimate of drug-likeness (QED) is 0.557. The van der Waals surface area contributed by atoms with Crippen LogP contribution in [-0.2, 0) is 0 Å². The van der Waals surface area contributed by atoms with Crippen LogP contribution in [0.5, 0.6) is 0 Å². The Morgan fingerprint density at radius 2 is 1.74 bits per heavy atom. The summed E-state index contributed by atoms with van der Waals surface area (Å²) in [6, 6.07) is 9.83. The second-order valence-electron chi connectivity index (χ2n) is 8.43. The van der Waals surface area contributed by atoms with Crippen molar-refractivity contribution in [1.82, 2.24) is 15.0 Å². The Bertz CT molecular complexity index is 1180. The first-order valence-electron chi connectivity index (χ1n) is 11.0. The summed E-state index contributed by atoms with van der Waals surface area (Å²) in [7, 11) is 1.95. The van der Waals surface area contributed by atoms with Gasteiger partial charge in [0, 0.05) is 57.1 Å². The summed E-state index contributed by atoms with van der Waals surface area (Å²) < 4.78 is 13.5. The number of carboxylic acids is 1. The van der Waals surface area contributed by atoms with E-state index in [0.29, 0.717) is 43.0 Å². The molecule has 34 heavy (non-hydrogen) atoms. The van der Waals surface area contributed by atoms with Crippen LogP contribution in [0.4, 0.5) is 22.0 Å². The zero-order chi connectivity index (χ0) is 24.4. The van der Waals surface area contributed by atoms with Crippen molar-refractivity contribution in [1.29, 1.82) is 0 Å². The number of anilines is 3. The molecule has 0 spiro atoms. The van der Waals surface area contributed by atoms with E-state index >= 15 is 0 Å². The molecular formula is C24H26ClFN6O2. The molecule has 0 radical (unpaired) electrons. The molecule has 8 nitrogen and oxygen atoms in total. The van der Waals surface area contributed by atoms with Crippen molar-refractivity contribution in [2.45, 2.75) is 19.9 Å². The minimum Gasteiger partial charge on any atom is -0.478 e. The summed E-state index contributed by atoms with van der Waals surface area (Å²) in [5.41, 5.74) is 1.60. The van der Waals surface area contributed by atoms with Crippen LogP contribution < -0.4 is 14.7 Å². The summed E-state index contributed by atoms with van der Waals surface area (Å²) in [6.45, 7) is 6.76. The van der Waals surface area contributed by atoms with Crippen LogP contribution in [0.2, 0.25) is 5.02 Å². The van der Waals surface area contributed by atoms with Crippen LogP contribution in [0.3, 0.4) is 0 Å². The van der Waals surface area contributed by atoms with E-state index in [9.17, 15) is 9.18 Å². The highest BCUT2D eigenvalue weighted by Gasteiger charge is 2.23. The number of benzene rings is 1. The van der Waals surface area contributed by atoms with Crippen molar-refractivity contribution in [3.05, 3.63) is 59.0 Å². The average molecular weight is 485 g/mol. The zero-order valence-electron chi connectivity index (χ0n) is 19.2. The minimum absolute atomic E-state index is 0.0588. The second kappa shape index (κ2) is 9.80. The van der Waals surface area contributed by atoms with Crippen LogP contribution in [-0.4, -0.2) is 65.3 Å². The van der Waals surface area contributed by atoms with E-state index in [1.165, 1.54) is 24.4 Å². The van der Waals surface area contributed by atoms with E-state index in [4.69, 9.17) is 26.7 Å². The summed E-state index contributed by atoms with van der Waals surface area (Å²) >= 11 is 6.31. The van der Waals surface area contributed by atoms with E-state index in [-0.39, 0.29) is 17.4 Å². The van der Waals surface area contributed by atoms with Gasteiger partial charge >= 0.3 is 5.97 Å². The number of piperazine rings is 1. The van der Waals surface area contributed by atoms with Gasteiger partial charge in [-0.1, -0.05) is 11.6 Å². The first kappa shape index (κ1) is 23.7. The highest BCUT2D eigenvalue weighted by atomic mass is 35.5. The van der Waals surface area contributed by atoms with Gasteiger partial charge in [0.15, 0.2) is 0 Å². The van der Waals surface area contributed by atoms with E-state index < -0.39 is 5.97 Å². The van der Waals surface area contributed by atoms with Gasteiger partial charge in [-0.15, -0.1) is 0 Å². The number of pyridine rings is 1. The largest absolute Gasteiger partial charge is 0.478 e. The molecule has 1 aliphatic heterocycles. The number of aromatic carboxylic acids is 1. The molecule has 1 N–H and O–H groups in total. The number of nitrogens with zero attached hydrogens (tertiary/aromatic N) is 6. The van der Waals surface area contributed by atoms with Crippen molar-refractivity contribution in [3.63, 3.8) is 0 Å². The summed E-state index contributed by atoms with van der Waals surface area (Å²) in [6.07, 6.45) is 1.32. The minimum atomic E-state index is -1.06. The van der Waals surface area contributed by atoms with Gasteiger partial charge in [0.2, 0.25) is 5.95 Å². The van der Waals surface area contributed by atoms with Gasteiger partial charge in [-0.25, -0.2) is 19.2 Å². The second-order valence-corrected chi connectivity index (χ2v) is 8.84. The molecule has 4 rings (SSSR count). The lowest BCUT2D eigenvalue weighted by molar-refractivity contribution is 0.0696. The number of hydrogen-bond acceptors (Lipinski definition) is 7. The standard InChI is InChI=1S/C24H26ClFN6O2/c1-15(2)30(3)24-28-20(16-4-6-18(26)7-5-16)13-21(29-24)31-8-10-32(11-9-31)22-19(25)12-17(14-27-22)23(33)34/h4-7,12-15H,8-11H2,1-3H3,(H,33,34). The molecule has 1 aliphatic rings. The fourth-order valence-corrected chi connectivity index (χ4v) is 3.95. The average Bonchev–Trinajstić information content (AvgIpc) is 2.83. The molecule has 1 fully saturated rings. The number of rotatable bonds is 6. The molecule has 0 bridgehead atoms. The van der Waals surface area contributed by atoms with E-state index in [0.717, 1.165) is 17.1 Å². The van der Waals surface area contributed by atoms with Crippen molar-refractivity contribution < 1.29 is 14.3 Å².